The van der Waals surface area contributed by atoms with Gasteiger partial charge in [0.05, 0.1) is 12.0 Å². The van der Waals surface area contributed by atoms with E-state index in [0.29, 0.717) is 17.1 Å². The molecule has 1 aliphatic rings. The molecule has 0 aliphatic carbocycles. The average Bonchev–Trinajstić information content (AvgIpc) is 2.56. The van der Waals surface area contributed by atoms with Gasteiger partial charge in [0.15, 0.2) is 5.78 Å². The Hall–Kier alpha value is -2.62. The Kier molecular flexibility index (Phi) is 3.92. The van der Waals surface area contributed by atoms with Gasteiger partial charge in [0.1, 0.15) is 17.6 Å². The molecule has 0 bridgehead atoms. The molecule has 0 saturated heterocycles. The van der Waals surface area contributed by atoms with Gasteiger partial charge >= 0.3 is 5.97 Å². The van der Waals surface area contributed by atoms with E-state index in [-0.39, 0.29) is 30.7 Å². The highest BCUT2D eigenvalue weighted by Gasteiger charge is 2.28. The third-order valence-electron chi connectivity index (χ3n) is 3.58. The van der Waals surface area contributed by atoms with E-state index in [1.54, 1.807) is 25.1 Å². The van der Waals surface area contributed by atoms with E-state index in [1.165, 1.54) is 0 Å². The molecule has 2 aromatic rings. The summed E-state index contributed by atoms with van der Waals surface area (Å²) >= 11 is 0. The van der Waals surface area contributed by atoms with Crippen molar-refractivity contribution in [1.29, 1.82) is 0 Å². The molecule has 1 aliphatic heterocycles. The molecule has 4 heteroatoms. The largest absolute Gasteiger partial charge is 0.484 e. The fraction of sp³-hybridized carbons (Fsp3) is 0.222. The van der Waals surface area contributed by atoms with E-state index in [0.717, 1.165) is 5.56 Å². The fourth-order valence-corrected chi connectivity index (χ4v) is 2.42. The van der Waals surface area contributed by atoms with Crippen LogP contribution in [0.15, 0.2) is 48.5 Å². The van der Waals surface area contributed by atoms with Gasteiger partial charge in [-0.2, -0.15) is 0 Å². The van der Waals surface area contributed by atoms with Crippen LogP contribution in [0.1, 0.15) is 41.8 Å². The Morgan fingerprint density at radius 3 is 2.73 bits per heavy atom. The molecular formula is C18H16O4. The van der Waals surface area contributed by atoms with Crippen LogP contribution in [-0.4, -0.2) is 11.8 Å². The Morgan fingerprint density at radius 1 is 1.23 bits per heavy atom. The number of benzene rings is 2. The maximum atomic E-state index is 12.4. The van der Waals surface area contributed by atoms with Crippen LogP contribution in [0.5, 0.6) is 11.5 Å². The first-order valence-electron chi connectivity index (χ1n) is 7.27. The van der Waals surface area contributed by atoms with Gasteiger partial charge in [-0.15, -0.1) is 0 Å². The van der Waals surface area contributed by atoms with Crippen LogP contribution in [0.4, 0.5) is 0 Å². The zero-order valence-electron chi connectivity index (χ0n) is 12.2. The highest BCUT2D eigenvalue weighted by atomic mass is 16.5. The second kappa shape index (κ2) is 6.02. The Morgan fingerprint density at radius 2 is 2.00 bits per heavy atom. The van der Waals surface area contributed by atoms with Gasteiger partial charge in [-0.3, -0.25) is 9.59 Å². The van der Waals surface area contributed by atoms with Crippen LogP contribution in [0.2, 0.25) is 0 Å². The minimum Gasteiger partial charge on any atom is -0.484 e. The predicted molar refractivity (Wildman–Crippen MR) is 81.1 cm³/mol. The van der Waals surface area contributed by atoms with Crippen molar-refractivity contribution in [2.24, 2.45) is 0 Å². The molecular weight excluding hydrogens is 280 g/mol. The lowest BCUT2D eigenvalue weighted by Gasteiger charge is -2.25. The monoisotopic (exact) mass is 296 g/mol. The number of rotatable bonds is 3. The molecule has 4 nitrogen and oxygen atoms in total. The molecule has 1 unspecified atom stereocenters. The summed E-state index contributed by atoms with van der Waals surface area (Å²) in [4.78, 5) is 23.7. The summed E-state index contributed by atoms with van der Waals surface area (Å²) in [6.45, 7) is 1.72. The van der Waals surface area contributed by atoms with Crippen molar-refractivity contribution in [2.75, 3.05) is 0 Å². The van der Waals surface area contributed by atoms with Crippen LogP contribution in [0.3, 0.4) is 0 Å². The molecule has 112 valence electrons. The van der Waals surface area contributed by atoms with Crippen molar-refractivity contribution in [1.82, 2.24) is 0 Å². The summed E-state index contributed by atoms with van der Waals surface area (Å²) in [6.07, 6.45) is 0.296. The van der Waals surface area contributed by atoms with E-state index in [2.05, 4.69) is 0 Å². The molecule has 1 heterocycles. The van der Waals surface area contributed by atoms with Crippen molar-refractivity contribution in [2.45, 2.75) is 25.9 Å². The molecule has 0 aromatic heterocycles. The van der Waals surface area contributed by atoms with Crippen molar-refractivity contribution >= 4 is 11.8 Å². The first-order chi connectivity index (χ1) is 10.7. The fourth-order valence-electron chi connectivity index (χ4n) is 2.42. The molecule has 3 rings (SSSR count). The summed E-state index contributed by atoms with van der Waals surface area (Å²) in [6, 6.07) is 14.6. The predicted octanol–water partition coefficient (Wildman–Crippen LogP) is 3.71. The number of ether oxygens (including phenoxy) is 2. The number of hydrogen-bond donors (Lipinski definition) is 0. The zero-order chi connectivity index (χ0) is 15.5. The molecule has 0 radical (unpaired) electrons. The minimum atomic E-state index is -0.328. The number of fused-ring (bicyclic) bond motifs is 1. The van der Waals surface area contributed by atoms with Crippen molar-refractivity contribution in [3.63, 3.8) is 0 Å². The highest BCUT2D eigenvalue weighted by Crippen LogP contribution is 2.36. The summed E-state index contributed by atoms with van der Waals surface area (Å²) in [5.41, 5.74) is 1.44. The van der Waals surface area contributed by atoms with Gasteiger partial charge in [0.25, 0.3) is 0 Å². The minimum absolute atomic E-state index is 0.00972. The molecule has 0 spiro atoms. The van der Waals surface area contributed by atoms with Gasteiger partial charge in [-0.1, -0.05) is 37.3 Å². The topological polar surface area (TPSA) is 52.6 Å². The maximum absolute atomic E-state index is 12.4. The van der Waals surface area contributed by atoms with E-state index in [4.69, 9.17) is 9.47 Å². The standard InChI is InChI=1S/C18H16O4/c1-2-18(20)21-13-8-9-16-14(10-13)15(19)11-17(22-16)12-6-4-3-5-7-12/h3-10,17H,2,11H2,1H3. The van der Waals surface area contributed by atoms with Crippen LogP contribution < -0.4 is 9.47 Å². The highest BCUT2D eigenvalue weighted by molar-refractivity contribution is 6.00. The smallest absolute Gasteiger partial charge is 0.310 e. The normalized spacial score (nSPS) is 16.6. The Balaban J connectivity index is 1.86. The lowest BCUT2D eigenvalue weighted by molar-refractivity contribution is -0.134. The van der Waals surface area contributed by atoms with Gasteiger partial charge in [0, 0.05) is 6.42 Å². The molecule has 0 fully saturated rings. The van der Waals surface area contributed by atoms with Crippen LogP contribution in [-0.2, 0) is 4.79 Å². The Labute approximate surface area is 128 Å². The van der Waals surface area contributed by atoms with E-state index in [1.807, 2.05) is 30.3 Å². The number of carbonyl (C=O) groups excluding carboxylic acids is 2. The molecule has 2 aromatic carbocycles. The van der Waals surface area contributed by atoms with Gasteiger partial charge < -0.3 is 9.47 Å². The molecule has 0 amide bonds. The number of carbonyl (C=O) groups is 2. The van der Waals surface area contributed by atoms with E-state index >= 15 is 0 Å². The number of hydrogen-bond acceptors (Lipinski definition) is 4. The SMILES string of the molecule is CCC(=O)Oc1ccc2c(c1)C(=O)CC(c1ccccc1)O2. The summed E-state index contributed by atoms with van der Waals surface area (Å²) in [7, 11) is 0. The van der Waals surface area contributed by atoms with Gasteiger partial charge in [-0.25, -0.2) is 0 Å². The van der Waals surface area contributed by atoms with E-state index in [9.17, 15) is 9.59 Å². The quantitative estimate of drug-likeness (QED) is 0.640. The third-order valence-corrected chi connectivity index (χ3v) is 3.58. The van der Waals surface area contributed by atoms with Crippen molar-refractivity contribution in [3.05, 3.63) is 59.7 Å². The average molecular weight is 296 g/mol. The first-order valence-corrected chi connectivity index (χ1v) is 7.27. The molecule has 22 heavy (non-hydrogen) atoms. The van der Waals surface area contributed by atoms with Crippen LogP contribution >= 0.6 is 0 Å². The van der Waals surface area contributed by atoms with Crippen molar-refractivity contribution in [3.8, 4) is 11.5 Å². The van der Waals surface area contributed by atoms with Gasteiger partial charge in [0.2, 0.25) is 0 Å². The Bertz CT molecular complexity index is 706. The second-order valence-electron chi connectivity index (χ2n) is 5.13. The number of ketones is 1. The van der Waals surface area contributed by atoms with E-state index < -0.39 is 0 Å². The molecule has 0 N–H and O–H groups in total. The summed E-state index contributed by atoms with van der Waals surface area (Å²) in [5, 5.41) is 0. The third kappa shape index (κ3) is 2.86. The first kappa shape index (κ1) is 14.3. The second-order valence-corrected chi connectivity index (χ2v) is 5.13. The maximum Gasteiger partial charge on any atom is 0.310 e. The van der Waals surface area contributed by atoms with Gasteiger partial charge in [-0.05, 0) is 23.8 Å². The summed E-state index contributed by atoms with van der Waals surface area (Å²) in [5.74, 6) is 0.568. The lowest BCUT2D eigenvalue weighted by Crippen LogP contribution is -2.20. The molecule has 1 atom stereocenters. The summed E-state index contributed by atoms with van der Waals surface area (Å²) < 4.78 is 11.1. The van der Waals surface area contributed by atoms with Crippen LogP contribution in [0, 0.1) is 0 Å². The number of Topliss-reactive ketones (excluding diaryl/α,β-unsaturated/α-hetero) is 1. The van der Waals surface area contributed by atoms with Crippen molar-refractivity contribution < 1.29 is 19.1 Å². The lowest BCUT2D eigenvalue weighted by atomic mass is 9.96. The zero-order valence-corrected chi connectivity index (χ0v) is 12.2. The van der Waals surface area contributed by atoms with Crippen LogP contribution in [0.25, 0.3) is 0 Å². The molecule has 0 saturated carbocycles. The number of esters is 1.